The number of ether oxygens (including phenoxy) is 1. The van der Waals surface area contributed by atoms with E-state index in [4.69, 9.17) is 9.15 Å². The number of hydrogen-bond donors (Lipinski definition) is 1. The van der Waals surface area contributed by atoms with Crippen LogP contribution in [-0.2, 0) is 0 Å². The van der Waals surface area contributed by atoms with Crippen molar-refractivity contribution < 1.29 is 19.1 Å². The smallest absolute Gasteiger partial charge is 0.290 e. The largest absolute Gasteiger partial charge is 0.504 e. The van der Waals surface area contributed by atoms with Crippen LogP contribution in [0.2, 0.25) is 0 Å². The molecular weight excluding hydrogens is 358 g/mol. The molecule has 1 aliphatic rings. The van der Waals surface area contributed by atoms with Gasteiger partial charge in [0.15, 0.2) is 16.9 Å². The number of aromatic hydroxyl groups is 1. The van der Waals surface area contributed by atoms with E-state index in [-0.39, 0.29) is 28.6 Å². The number of benzene rings is 2. The van der Waals surface area contributed by atoms with Crippen molar-refractivity contribution in [2.75, 3.05) is 13.7 Å². The van der Waals surface area contributed by atoms with Crippen molar-refractivity contribution in [1.29, 1.82) is 0 Å². The van der Waals surface area contributed by atoms with Crippen LogP contribution >= 0.6 is 0 Å². The van der Waals surface area contributed by atoms with Gasteiger partial charge in [0.25, 0.3) is 5.91 Å². The van der Waals surface area contributed by atoms with Crippen molar-refractivity contribution in [3.63, 3.8) is 0 Å². The zero-order chi connectivity index (χ0) is 20.0. The second-order valence-electron chi connectivity index (χ2n) is 7.01. The Hall–Kier alpha value is -3.28. The van der Waals surface area contributed by atoms with E-state index in [1.165, 1.54) is 13.2 Å². The van der Waals surface area contributed by atoms with E-state index in [9.17, 15) is 14.7 Å². The summed E-state index contributed by atoms with van der Waals surface area (Å²) in [6.07, 6.45) is 0.734. The number of hydrogen-bond acceptors (Lipinski definition) is 5. The highest BCUT2D eigenvalue weighted by atomic mass is 16.5. The molecule has 0 fully saturated rings. The van der Waals surface area contributed by atoms with Crippen molar-refractivity contribution in [2.45, 2.75) is 26.3 Å². The van der Waals surface area contributed by atoms with Crippen molar-refractivity contribution in [1.82, 2.24) is 4.90 Å². The normalized spacial score (nSPS) is 15.9. The van der Waals surface area contributed by atoms with Crippen LogP contribution in [0.1, 0.15) is 46.6 Å². The van der Waals surface area contributed by atoms with Crippen molar-refractivity contribution >= 4 is 16.9 Å². The number of amides is 1. The molecule has 4 rings (SSSR count). The quantitative estimate of drug-likeness (QED) is 0.746. The average Bonchev–Trinajstić information content (AvgIpc) is 2.96. The van der Waals surface area contributed by atoms with Crippen molar-refractivity contribution in [3.8, 4) is 11.5 Å². The van der Waals surface area contributed by atoms with Crippen LogP contribution in [0.25, 0.3) is 11.0 Å². The van der Waals surface area contributed by atoms with Crippen LogP contribution in [0, 0.1) is 6.92 Å². The van der Waals surface area contributed by atoms with Gasteiger partial charge in [-0.25, -0.2) is 0 Å². The van der Waals surface area contributed by atoms with Gasteiger partial charge in [0, 0.05) is 6.54 Å². The molecule has 2 heterocycles. The zero-order valence-corrected chi connectivity index (χ0v) is 16.0. The minimum Gasteiger partial charge on any atom is -0.504 e. The maximum absolute atomic E-state index is 13.4. The van der Waals surface area contributed by atoms with Gasteiger partial charge in [-0.2, -0.15) is 0 Å². The third kappa shape index (κ3) is 2.64. The number of methoxy groups -OCH3 is 1. The van der Waals surface area contributed by atoms with Crippen LogP contribution in [0.5, 0.6) is 11.5 Å². The van der Waals surface area contributed by atoms with Crippen LogP contribution in [-0.4, -0.2) is 29.6 Å². The maximum atomic E-state index is 13.4. The van der Waals surface area contributed by atoms with Gasteiger partial charge in [-0.3, -0.25) is 9.59 Å². The van der Waals surface area contributed by atoms with Gasteiger partial charge in [0.2, 0.25) is 5.76 Å². The summed E-state index contributed by atoms with van der Waals surface area (Å²) in [6.45, 7) is 4.36. The molecule has 0 saturated heterocycles. The Kier molecular flexibility index (Phi) is 4.34. The first kappa shape index (κ1) is 18.1. The van der Waals surface area contributed by atoms with Gasteiger partial charge < -0.3 is 19.2 Å². The molecule has 6 heteroatoms. The van der Waals surface area contributed by atoms with Crippen molar-refractivity contribution in [2.24, 2.45) is 0 Å². The van der Waals surface area contributed by atoms with Gasteiger partial charge in [-0.15, -0.1) is 0 Å². The first-order valence-electron chi connectivity index (χ1n) is 9.21. The lowest BCUT2D eigenvalue weighted by atomic mass is 9.97. The van der Waals surface area contributed by atoms with E-state index in [1.54, 1.807) is 29.2 Å². The van der Waals surface area contributed by atoms with Crippen molar-refractivity contribution in [3.05, 3.63) is 69.1 Å². The Labute approximate surface area is 162 Å². The summed E-state index contributed by atoms with van der Waals surface area (Å²) >= 11 is 0. The van der Waals surface area contributed by atoms with Gasteiger partial charge in [-0.1, -0.05) is 24.6 Å². The lowest BCUT2D eigenvalue weighted by Crippen LogP contribution is -2.30. The fourth-order valence-electron chi connectivity index (χ4n) is 3.82. The predicted molar refractivity (Wildman–Crippen MR) is 105 cm³/mol. The molecule has 28 heavy (non-hydrogen) atoms. The van der Waals surface area contributed by atoms with E-state index in [0.717, 1.165) is 12.0 Å². The number of rotatable bonds is 4. The average molecular weight is 379 g/mol. The van der Waals surface area contributed by atoms with Crippen LogP contribution in [0.15, 0.2) is 45.6 Å². The molecule has 6 nitrogen and oxygen atoms in total. The van der Waals surface area contributed by atoms with Gasteiger partial charge in [0.1, 0.15) is 5.58 Å². The highest BCUT2D eigenvalue weighted by Crippen LogP contribution is 2.40. The number of carbonyl (C=O) groups excluding carboxylic acids is 1. The molecule has 1 atom stereocenters. The first-order chi connectivity index (χ1) is 13.5. The fourth-order valence-corrected chi connectivity index (χ4v) is 3.82. The van der Waals surface area contributed by atoms with E-state index in [1.807, 2.05) is 19.9 Å². The summed E-state index contributed by atoms with van der Waals surface area (Å²) in [5.41, 5.74) is 2.17. The summed E-state index contributed by atoms with van der Waals surface area (Å²) in [7, 11) is 1.46. The highest BCUT2D eigenvalue weighted by Gasteiger charge is 2.42. The standard InChI is InChI=1S/C22H21NO5/c1-4-9-23-19(13-6-7-15(24)17(11-13)27-3)18-20(25)14-10-12(2)5-8-16(14)28-21(18)22(23)26/h5-8,10-11,19,24H,4,9H2,1-3H3. The molecule has 0 radical (unpaired) electrons. The zero-order valence-electron chi connectivity index (χ0n) is 16.0. The summed E-state index contributed by atoms with van der Waals surface area (Å²) in [4.78, 5) is 28.1. The number of phenolic OH excluding ortho intramolecular Hbond substituents is 1. The molecule has 0 aliphatic carbocycles. The number of phenols is 1. The fraction of sp³-hybridized carbons (Fsp3) is 0.273. The van der Waals surface area contributed by atoms with Gasteiger partial charge >= 0.3 is 0 Å². The van der Waals surface area contributed by atoms with Crippen LogP contribution < -0.4 is 10.2 Å². The lowest BCUT2D eigenvalue weighted by Gasteiger charge is -2.25. The minimum absolute atomic E-state index is 0.000917. The Bertz CT molecular complexity index is 1150. The second kappa shape index (κ2) is 6.71. The molecule has 0 saturated carbocycles. The molecule has 0 spiro atoms. The Morgan fingerprint density at radius 2 is 1.96 bits per heavy atom. The summed E-state index contributed by atoms with van der Waals surface area (Å²) < 4.78 is 11.1. The Morgan fingerprint density at radius 3 is 2.68 bits per heavy atom. The Balaban J connectivity index is 2.01. The van der Waals surface area contributed by atoms with E-state index in [0.29, 0.717) is 28.6 Å². The van der Waals surface area contributed by atoms with Crippen LogP contribution in [0.3, 0.4) is 0 Å². The molecule has 2 aromatic carbocycles. The van der Waals surface area contributed by atoms with E-state index < -0.39 is 6.04 Å². The van der Waals surface area contributed by atoms with Gasteiger partial charge in [0.05, 0.1) is 24.1 Å². The number of carbonyl (C=O) groups is 1. The Morgan fingerprint density at radius 1 is 1.18 bits per heavy atom. The summed E-state index contributed by atoms with van der Waals surface area (Å²) in [6, 6.07) is 9.64. The molecule has 1 aliphatic heterocycles. The monoisotopic (exact) mass is 379 g/mol. The van der Waals surface area contributed by atoms with E-state index in [2.05, 4.69) is 0 Å². The summed E-state index contributed by atoms with van der Waals surface area (Å²) in [5, 5.41) is 10.4. The van der Waals surface area contributed by atoms with Crippen LogP contribution in [0.4, 0.5) is 0 Å². The molecule has 1 amide bonds. The predicted octanol–water partition coefficient (Wildman–Crippen LogP) is 3.77. The number of nitrogens with zero attached hydrogens (tertiary/aromatic N) is 1. The molecule has 1 aromatic heterocycles. The van der Waals surface area contributed by atoms with E-state index >= 15 is 0 Å². The SMILES string of the molecule is CCCN1C(=O)c2oc3ccc(C)cc3c(=O)c2C1c1ccc(O)c(OC)c1. The third-order valence-electron chi connectivity index (χ3n) is 5.11. The summed E-state index contributed by atoms with van der Waals surface area (Å²) in [5.74, 6) is 0.0789. The minimum atomic E-state index is -0.585. The third-order valence-corrected chi connectivity index (χ3v) is 5.11. The molecule has 0 bridgehead atoms. The first-order valence-corrected chi connectivity index (χ1v) is 9.21. The lowest BCUT2D eigenvalue weighted by molar-refractivity contribution is 0.0728. The molecule has 3 aromatic rings. The maximum Gasteiger partial charge on any atom is 0.290 e. The second-order valence-corrected chi connectivity index (χ2v) is 7.01. The van der Waals surface area contributed by atoms with Gasteiger partial charge in [-0.05, 0) is 43.2 Å². The number of aryl methyl sites for hydroxylation is 1. The molecule has 1 unspecified atom stereocenters. The highest BCUT2D eigenvalue weighted by molar-refractivity contribution is 5.99. The molecular formula is C22H21NO5. The molecule has 144 valence electrons. The molecule has 1 N–H and O–H groups in total. The topological polar surface area (TPSA) is 80.0 Å². The number of fused-ring (bicyclic) bond motifs is 2.